The van der Waals surface area contributed by atoms with E-state index in [2.05, 4.69) is 16.6 Å². The first kappa shape index (κ1) is 20.1. The van der Waals surface area contributed by atoms with E-state index in [0.717, 1.165) is 35.0 Å². The Balaban J connectivity index is 1.40. The molecular formula is C24H24N6O2. The van der Waals surface area contributed by atoms with Crippen molar-refractivity contribution in [3.05, 3.63) is 72.8 Å². The zero-order chi connectivity index (χ0) is 22.1. The van der Waals surface area contributed by atoms with Crippen LogP contribution in [0.1, 0.15) is 12.0 Å². The second kappa shape index (κ2) is 8.39. The number of nitrogens with zero attached hydrogens (tertiary/aromatic N) is 5. The second-order valence-corrected chi connectivity index (χ2v) is 7.92. The lowest BCUT2D eigenvalue weighted by Crippen LogP contribution is -2.45. The summed E-state index contributed by atoms with van der Waals surface area (Å²) in [6, 6.07) is 17.5. The first-order valence-electron chi connectivity index (χ1n) is 10.6. The molecule has 1 saturated heterocycles. The quantitative estimate of drug-likeness (QED) is 0.741. The molecule has 0 bridgehead atoms. The van der Waals surface area contributed by atoms with Gasteiger partial charge < -0.3 is 15.4 Å². The number of ether oxygens (including phenoxy) is 1. The minimum Gasteiger partial charge on any atom is -0.457 e. The summed E-state index contributed by atoms with van der Waals surface area (Å²) in [7, 11) is 0. The molecule has 0 aliphatic carbocycles. The Bertz CT molecular complexity index is 1110. The highest BCUT2D eigenvalue weighted by atomic mass is 16.5. The van der Waals surface area contributed by atoms with Gasteiger partial charge in [0.2, 0.25) is 5.91 Å². The van der Waals surface area contributed by atoms with E-state index in [-0.39, 0.29) is 17.9 Å². The molecule has 3 aliphatic rings. The number of amides is 1. The van der Waals surface area contributed by atoms with Gasteiger partial charge in [0, 0.05) is 13.1 Å². The highest BCUT2D eigenvalue weighted by Crippen LogP contribution is 2.31. The standard InChI is InChI=1S/C24H24N6O2/c1-2-20(31)29-13-12-17(14-29)30-24-21(23(25)26-15-27-24)22(28-30)16-8-10-19(11-9-16)32-18-6-4-3-5-7-18/h2-11,15,17,21,23H,1,12-14,25H2. The number of carbonyl (C=O) groups excluding carboxylic acids is 1. The Kier molecular flexibility index (Phi) is 5.28. The Morgan fingerprint density at radius 3 is 2.62 bits per heavy atom. The molecule has 3 heterocycles. The fraction of sp³-hybridized carbons (Fsp3) is 0.250. The number of hydrazone groups is 1. The van der Waals surface area contributed by atoms with Crippen molar-refractivity contribution in [1.82, 2.24) is 9.91 Å². The molecule has 2 aromatic rings. The van der Waals surface area contributed by atoms with Crippen molar-refractivity contribution in [2.24, 2.45) is 26.7 Å². The van der Waals surface area contributed by atoms with Crippen LogP contribution in [0.4, 0.5) is 0 Å². The summed E-state index contributed by atoms with van der Waals surface area (Å²) >= 11 is 0. The Morgan fingerprint density at radius 2 is 1.88 bits per heavy atom. The normalized spacial score (nSPS) is 24.1. The van der Waals surface area contributed by atoms with Crippen molar-refractivity contribution >= 4 is 23.8 Å². The Hall–Kier alpha value is -3.78. The Labute approximate surface area is 186 Å². The number of carbonyl (C=O) groups is 1. The monoisotopic (exact) mass is 428 g/mol. The van der Waals surface area contributed by atoms with Gasteiger partial charge in [-0.05, 0) is 54.5 Å². The fourth-order valence-corrected chi connectivity index (χ4v) is 4.30. The van der Waals surface area contributed by atoms with E-state index < -0.39 is 6.17 Å². The third-order valence-corrected chi connectivity index (χ3v) is 5.92. The number of likely N-dealkylation sites (tertiary alicyclic amines) is 1. The van der Waals surface area contributed by atoms with E-state index in [1.807, 2.05) is 59.6 Å². The van der Waals surface area contributed by atoms with E-state index in [4.69, 9.17) is 15.6 Å². The van der Waals surface area contributed by atoms with Crippen LogP contribution in [-0.4, -0.2) is 59.0 Å². The number of hydrogen-bond donors (Lipinski definition) is 1. The fourth-order valence-electron chi connectivity index (χ4n) is 4.30. The topological polar surface area (TPSA) is 95.9 Å². The molecule has 3 unspecified atom stereocenters. The van der Waals surface area contributed by atoms with E-state index in [1.165, 1.54) is 12.4 Å². The molecule has 1 amide bonds. The average molecular weight is 428 g/mol. The number of rotatable bonds is 5. The van der Waals surface area contributed by atoms with Gasteiger partial charge in [-0.1, -0.05) is 24.8 Å². The minimum atomic E-state index is -0.459. The van der Waals surface area contributed by atoms with Gasteiger partial charge in [0.15, 0.2) is 0 Å². The van der Waals surface area contributed by atoms with Crippen LogP contribution in [0.2, 0.25) is 0 Å². The zero-order valence-corrected chi connectivity index (χ0v) is 17.5. The van der Waals surface area contributed by atoms with Crippen LogP contribution >= 0.6 is 0 Å². The van der Waals surface area contributed by atoms with Crippen molar-refractivity contribution in [1.29, 1.82) is 0 Å². The molecule has 0 radical (unpaired) electrons. The van der Waals surface area contributed by atoms with Crippen LogP contribution in [0.15, 0.2) is 82.3 Å². The highest BCUT2D eigenvalue weighted by Gasteiger charge is 2.44. The lowest BCUT2D eigenvalue weighted by Gasteiger charge is -2.27. The van der Waals surface area contributed by atoms with E-state index >= 15 is 0 Å². The number of para-hydroxylation sites is 1. The number of nitrogens with two attached hydrogens (primary N) is 1. The second-order valence-electron chi connectivity index (χ2n) is 7.92. The number of amidine groups is 1. The van der Waals surface area contributed by atoms with Gasteiger partial charge >= 0.3 is 0 Å². The van der Waals surface area contributed by atoms with Crippen molar-refractivity contribution in [3.63, 3.8) is 0 Å². The van der Waals surface area contributed by atoms with Crippen LogP contribution in [0.3, 0.4) is 0 Å². The highest BCUT2D eigenvalue weighted by molar-refractivity contribution is 6.19. The van der Waals surface area contributed by atoms with Crippen molar-refractivity contribution in [2.45, 2.75) is 18.6 Å². The van der Waals surface area contributed by atoms with Gasteiger partial charge in [-0.15, -0.1) is 0 Å². The molecule has 8 nitrogen and oxygen atoms in total. The summed E-state index contributed by atoms with van der Waals surface area (Å²) in [5.41, 5.74) is 8.12. The summed E-state index contributed by atoms with van der Waals surface area (Å²) in [4.78, 5) is 22.6. The first-order chi connectivity index (χ1) is 15.6. The molecule has 0 spiro atoms. The lowest BCUT2D eigenvalue weighted by molar-refractivity contribution is -0.125. The largest absolute Gasteiger partial charge is 0.457 e. The predicted molar refractivity (Wildman–Crippen MR) is 124 cm³/mol. The van der Waals surface area contributed by atoms with Crippen molar-refractivity contribution < 1.29 is 9.53 Å². The molecule has 3 aliphatic heterocycles. The maximum Gasteiger partial charge on any atom is 0.246 e. The third kappa shape index (κ3) is 3.69. The molecule has 0 aromatic heterocycles. The van der Waals surface area contributed by atoms with Gasteiger partial charge in [0.25, 0.3) is 0 Å². The molecule has 2 N–H and O–H groups in total. The first-order valence-corrected chi connectivity index (χ1v) is 10.6. The molecule has 5 rings (SSSR count). The van der Waals surface area contributed by atoms with Crippen LogP contribution in [0.5, 0.6) is 11.5 Å². The molecule has 0 saturated carbocycles. The number of fused-ring (bicyclic) bond motifs is 1. The van der Waals surface area contributed by atoms with Gasteiger partial charge in [0.1, 0.15) is 29.8 Å². The average Bonchev–Trinajstić information content (AvgIpc) is 3.46. The van der Waals surface area contributed by atoms with E-state index in [9.17, 15) is 4.79 Å². The van der Waals surface area contributed by atoms with Gasteiger partial charge in [-0.3, -0.25) is 9.79 Å². The molecule has 1 fully saturated rings. The SMILES string of the molecule is C=CC(=O)N1CCC(N2N=C(c3ccc(Oc4ccccc4)cc3)C3C2=NC=NC3N)C1. The molecule has 8 heteroatoms. The van der Waals surface area contributed by atoms with Gasteiger partial charge in [0.05, 0.1) is 17.7 Å². The molecular weight excluding hydrogens is 404 g/mol. The summed E-state index contributed by atoms with van der Waals surface area (Å²) in [5.74, 6) is 2.01. The van der Waals surface area contributed by atoms with Crippen LogP contribution in [-0.2, 0) is 4.79 Å². The van der Waals surface area contributed by atoms with Gasteiger partial charge in [-0.2, -0.15) is 5.10 Å². The molecule has 2 aromatic carbocycles. The van der Waals surface area contributed by atoms with Crippen LogP contribution < -0.4 is 10.5 Å². The lowest BCUT2D eigenvalue weighted by atomic mass is 9.93. The van der Waals surface area contributed by atoms with Crippen LogP contribution in [0.25, 0.3) is 0 Å². The number of benzene rings is 2. The number of hydrogen-bond acceptors (Lipinski definition) is 7. The summed E-state index contributed by atoms with van der Waals surface area (Å²) in [5, 5.41) is 6.85. The van der Waals surface area contributed by atoms with Crippen LogP contribution in [0, 0.1) is 5.92 Å². The maximum absolute atomic E-state index is 12.0. The molecule has 162 valence electrons. The zero-order valence-electron chi connectivity index (χ0n) is 17.5. The minimum absolute atomic E-state index is 0.0389. The summed E-state index contributed by atoms with van der Waals surface area (Å²) in [6.07, 6.45) is 3.20. The van der Waals surface area contributed by atoms with Gasteiger partial charge in [-0.25, -0.2) is 10.0 Å². The molecule has 3 atom stereocenters. The summed E-state index contributed by atoms with van der Waals surface area (Å²) in [6.45, 7) is 4.83. The number of aliphatic imine (C=N–C) groups is 2. The van der Waals surface area contributed by atoms with Crippen molar-refractivity contribution in [2.75, 3.05) is 13.1 Å². The van der Waals surface area contributed by atoms with E-state index in [1.54, 1.807) is 4.90 Å². The molecule has 32 heavy (non-hydrogen) atoms. The Morgan fingerprint density at radius 1 is 1.12 bits per heavy atom. The maximum atomic E-state index is 12.0. The van der Waals surface area contributed by atoms with E-state index in [0.29, 0.717) is 13.1 Å². The third-order valence-electron chi connectivity index (χ3n) is 5.92. The smallest absolute Gasteiger partial charge is 0.246 e. The predicted octanol–water partition coefficient (Wildman–Crippen LogP) is 2.63. The van der Waals surface area contributed by atoms with Crippen molar-refractivity contribution in [3.8, 4) is 11.5 Å². The summed E-state index contributed by atoms with van der Waals surface area (Å²) < 4.78 is 5.90.